The molecule has 4 fully saturated rings. The highest BCUT2D eigenvalue weighted by Gasteiger charge is 2.69. The summed E-state index contributed by atoms with van der Waals surface area (Å²) >= 11 is 0. The van der Waals surface area contributed by atoms with E-state index in [1.165, 1.54) is 0 Å². The standard InChI is InChI=1S/C40H70N2O6/c1-35(2)14-16-40(34(45)42-19-9-21-47-23-25-48-24-22-46-20-8-18-41)17-15-38(6)28(29(40)26-35)10-11-32-37(5)27-30(43)33(44)36(3,4)31(37)12-13-39(32,38)7/h10,29-33,43-44H,8-9,11-27,41H2,1-7H3,(H,42,45)/t29-,30+,31-,32+,33-,37-,38+,39+,40-/m0/s1. The second kappa shape index (κ2) is 14.5. The minimum atomic E-state index is -0.681. The number of rotatable bonds is 14. The lowest BCUT2D eigenvalue weighted by Crippen LogP contribution is -2.67. The van der Waals surface area contributed by atoms with E-state index in [0.717, 1.165) is 64.2 Å². The summed E-state index contributed by atoms with van der Waals surface area (Å²) in [6.07, 6.45) is 11.8. The van der Waals surface area contributed by atoms with Gasteiger partial charge in [-0.2, -0.15) is 0 Å². The molecular formula is C40H70N2O6. The number of allylic oxidation sites excluding steroid dienone is 2. The summed E-state index contributed by atoms with van der Waals surface area (Å²) in [4.78, 5) is 14.3. The van der Waals surface area contributed by atoms with Crippen molar-refractivity contribution in [2.75, 3.05) is 52.7 Å². The fourth-order valence-electron chi connectivity index (χ4n) is 12.1. The number of aliphatic hydroxyl groups is 2. The van der Waals surface area contributed by atoms with Crippen LogP contribution in [0.1, 0.15) is 119 Å². The van der Waals surface area contributed by atoms with Crippen LogP contribution in [-0.2, 0) is 19.0 Å². The quantitative estimate of drug-likeness (QED) is 0.131. The van der Waals surface area contributed by atoms with Crippen LogP contribution in [0.25, 0.3) is 0 Å². The van der Waals surface area contributed by atoms with Crippen molar-refractivity contribution >= 4 is 5.91 Å². The van der Waals surface area contributed by atoms with Crippen molar-refractivity contribution in [3.8, 4) is 0 Å². The van der Waals surface area contributed by atoms with Gasteiger partial charge in [0.05, 0.1) is 44.1 Å². The van der Waals surface area contributed by atoms with Crippen molar-refractivity contribution in [1.29, 1.82) is 0 Å². The van der Waals surface area contributed by atoms with Gasteiger partial charge < -0.3 is 35.5 Å². The highest BCUT2D eigenvalue weighted by atomic mass is 16.5. The number of fused-ring (bicyclic) bond motifs is 7. The van der Waals surface area contributed by atoms with E-state index in [0.29, 0.717) is 71.0 Å². The van der Waals surface area contributed by atoms with Crippen LogP contribution in [0.4, 0.5) is 0 Å². The average molecular weight is 675 g/mol. The maximum Gasteiger partial charge on any atom is 0.226 e. The minimum Gasteiger partial charge on any atom is -0.390 e. The van der Waals surface area contributed by atoms with E-state index >= 15 is 0 Å². The first-order chi connectivity index (χ1) is 22.6. The molecule has 0 aromatic rings. The molecule has 0 aromatic carbocycles. The SMILES string of the molecule is CC1(C)CC[C@]2(C(=O)NCCCOCCOCCOCCCN)CC[C@]3(C)C(=CC[C@@H]4[C@@]5(C)C[C@@H](O)[C@H](O)C(C)(C)[C@@H]5CC[C@]43C)[C@@H]2C1. The van der Waals surface area contributed by atoms with Crippen LogP contribution in [0.5, 0.6) is 0 Å². The third kappa shape index (κ3) is 6.69. The second-order valence-corrected chi connectivity index (χ2v) is 18.5. The van der Waals surface area contributed by atoms with E-state index in [9.17, 15) is 15.0 Å². The van der Waals surface area contributed by atoms with E-state index in [1.807, 2.05) is 0 Å². The fraction of sp³-hybridized carbons (Fsp3) is 0.925. The van der Waals surface area contributed by atoms with Gasteiger partial charge in [0, 0.05) is 19.8 Å². The normalized spacial score (nSPS) is 41.3. The molecule has 276 valence electrons. The Balaban J connectivity index is 1.24. The van der Waals surface area contributed by atoms with Crippen LogP contribution < -0.4 is 11.1 Å². The molecule has 48 heavy (non-hydrogen) atoms. The molecule has 9 atom stereocenters. The Morgan fingerprint density at radius 3 is 2.12 bits per heavy atom. The molecule has 0 saturated heterocycles. The number of nitrogens with one attached hydrogen (secondary N) is 1. The van der Waals surface area contributed by atoms with Crippen LogP contribution in [0, 0.1) is 50.2 Å². The van der Waals surface area contributed by atoms with Crippen molar-refractivity contribution in [3.05, 3.63) is 11.6 Å². The maximum atomic E-state index is 14.3. The summed E-state index contributed by atoms with van der Waals surface area (Å²) in [5.74, 6) is 1.32. The lowest BCUT2D eigenvalue weighted by atomic mass is 9.33. The molecule has 0 heterocycles. The van der Waals surface area contributed by atoms with Gasteiger partial charge in [-0.15, -0.1) is 0 Å². The van der Waals surface area contributed by atoms with Gasteiger partial charge in [0.25, 0.3) is 0 Å². The number of carbonyl (C=O) groups is 1. The number of ether oxygens (including phenoxy) is 3. The number of carbonyl (C=O) groups excluding carboxylic acids is 1. The highest BCUT2D eigenvalue weighted by molar-refractivity contribution is 5.84. The molecule has 5 N–H and O–H groups in total. The van der Waals surface area contributed by atoms with E-state index < -0.39 is 12.2 Å². The molecule has 0 aliphatic heterocycles. The van der Waals surface area contributed by atoms with Gasteiger partial charge in [0.1, 0.15) is 0 Å². The topological polar surface area (TPSA) is 123 Å². The maximum absolute atomic E-state index is 14.3. The molecule has 8 heteroatoms. The molecule has 0 unspecified atom stereocenters. The van der Waals surface area contributed by atoms with E-state index in [1.54, 1.807) is 5.57 Å². The molecule has 5 aliphatic rings. The first kappa shape index (κ1) is 38.2. The summed E-state index contributed by atoms with van der Waals surface area (Å²) in [5.41, 5.74) is 6.64. The Hall–Kier alpha value is -1.03. The molecule has 0 spiro atoms. The molecule has 0 radical (unpaired) electrons. The van der Waals surface area contributed by atoms with Crippen LogP contribution >= 0.6 is 0 Å². The lowest BCUT2D eigenvalue weighted by Gasteiger charge is -2.71. The molecule has 5 aliphatic carbocycles. The summed E-state index contributed by atoms with van der Waals surface area (Å²) < 4.78 is 16.8. The Bertz CT molecular complexity index is 1160. The van der Waals surface area contributed by atoms with Crippen molar-refractivity contribution in [3.63, 3.8) is 0 Å². The zero-order valence-electron chi connectivity index (χ0n) is 31.5. The van der Waals surface area contributed by atoms with Crippen LogP contribution in [0.2, 0.25) is 0 Å². The zero-order chi connectivity index (χ0) is 35.0. The Morgan fingerprint density at radius 2 is 1.46 bits per heavy atom. The summed E-state index contributed by atoms with van der Waals surface area (Å²) in [7, 11) is 0. The van der Waals surface area contributed by atoms with Crippen LogP contribution in [0.3, 0.4) is 0 Å². The number of nitrogens with two attached hydrogens (primary N) is 1. The Morgan fingerprint density at radius 1 is 0.833 bits per heavy atom. The third-order valence-corrected chi connectivity index (χ3v) is 15.0. The Labute approximate surface area is 291 Å². The number of amides is 1. The molecule has 8 nitrogen and oxygen atoms in total. The fourth-order valence-corrected chi connectivity index (χ4v) is 12.1. The summed E-state index contributed by atoms with van der Waals surface area (Å²) in [6, 6.07) is 0. The van der Waals surface area contributed by atoms with E-state index in [2.05, 4.69) is 59.9 Å². The second-order valence-electron chi connectivity index (χ2n) is 18.5. The molecule has 0 bridgehead atoms. The predicted octanol–water partition coefficient (Wildman–Crippen LogP) is 6.02. The Kier molecular flexibility index (Phi) is 11.6. The summed E-state index contributed by atoms with van der Waals surface area (Å²) in [6.45, 7) is 21.5. The van der Waals surface area contributed by atoms with Gasteiger partial charge in [-0.1, -0.05) is 60.1 Å². The van der Waals surface area contributed by atoms with Gasteiger partial charge >= 0.3 is 0 Å². The van der Waals surface area contributed by atoms with Crippen molar-refractivity contribution in [1.82, 2.24) is 5.32 Å². The monoisotopic (exact) mass is 675 g/mol. The van der Waals surface area contributed by atoms with Gasteiger partial charge in [-0.05, 0) is 122 Å². The molecule has 4 saturated carbocycles. The van der Waals surface area contributed by atoms with E-state index in [4.69, 9.17) is 19.9 Å². The van der Waals surface area contributed by atoms with Gasteiger partial charge in [0.15, 0.2) is 0 Å². The summed E-state index contributed by atoms with van der Waals surface area (Å²) in [5, 5.41) is 25.6. The highest BCUT2D eigenvalue weighted by Crippen LogP contribution is 2.75. The molecule has 0 aromatic heterocycles. The number of hydrogen-bond acceptors (Lipinski definition) is 7. The minimum absolute atomic E-state index is 0.0173. The largest absolute Gasteiger partial charge is 0.390 e. The number of aliphatic hydroxyl groups excluding tert-OH is 2. The first-order valence-corrected chi connectivity index (χ1v) is 19.4. The third-order valence-electron chi connectivity index (χ3n) is 15.0. The van der Waals surface area contributed by atoms with Crippen molar-refractivity contribution in [2.24, 2.45) is 56.0 Å². The van der Waals surface area contributed by atoms with E-state index in [-0.39, 0.29) is 44.3 Å². The van der Waals surface area contributed by atoms with Crippen LogP contribution in [-0.4, -0.2) is 81.1 Å². The first-order valence-electron chi connectivity index (χ1n) is 19.4. The lowest BCUT2D eigenvalue weighted by molar-refractivity contribution is -0.231. The molecule has 1 amide bonds. The predicted molar refractivity (Wildman–Crippen MR) is 190 cm³/mol. The van der Waals surface area contributed by atoms with Gasteiger partial charge in [-0.25, -0.2) is 0 Å². The molecular weight excluding hydrogens is 604 g/mol. The van der Waals surface area contributed by atoms with Crippen LogP contribution in [0.15, 0.2) is 11.6 Å². The number of hydrogen-bond donors (Lipinski definition) is 4. The van der Waals surface area contributed by atoms with Gasteiger partial charge in [-0.3, -0.25) is 4.79 Å². The molecule has 5 rings (SSSR count). The average Bonchev–Trinajstić information content (AvgIpc) is 3.02. The van der Waals surface area contributed by atoms with Crippen molar-refractivity contribution in [2.45, 2.75) is 131 Å². The van der Waals surface area contributed by atoms with Gasteiger partial charge in [0.2, 0.25) is 5.91 Å². The van der Waals surface area contributed by atoms with Crippen molar-refractivity contribution < 1.29 is 29.2 Å². The smallest absolute Gasteiger partial charge is 0.226 e. The zero-order valence-corrected chi connectivity index (χ0v) is 31.5.